The minimum absolute atomic E-state index is 0.0249. The van der Waals surface area contributed by atoms with Gasteiger partial charge in [-0.1, -0.05) is 12.1 Å². The predicted octanol–water partition coefficient (Wildman–Crippen LogP) is 2.72. The summed E-state index contributed by atoms with van der Waals surface area (Å²) < 4.78 is 15.0. The third-order valence-corrected chi connectivity index (χ3v) is 4.52. The first-order chi connectivity index (χ1) is 11.6. The molecule has 0 aliphatic carbocycles. The standard InChI is InChI=1S/C18H23FN4O/c1-22-13-16(12-21-22)11-20-18(24)23-7-5-14(6-8-23)9-15-3-2-4-17(19)10-15/h2-4,10,12-14H,5-9,11H2,1H3,(H,20,24). The largest absolute Gasteiger partial charge is 0.334 e. The molecule has 1 aliphatic rings. The summed E-state index contributed by atoms with van der Waals surface area (Å²) in [6, 6.07) is 6.77. The number of carbonyl (C=O) groups is 1. The summed E-state index contributed by atoms with van der Waals surface area (Å²) in [6.07, 6.45) is 6.44. The number of amides is 2. The fraction of sp³-hybridized carbons (Fsp3) is 0.444. The first kappa shape index (κ1) is 16.5. The van der Waals surface area contributed by atoms with E-state index >= 15 is 0 Å². The Balaban J connectivity index is 1.43. The first-order valence-electron chi connectivity index (χ1n) is 8.35. The van der Waals surface area contributed by atoms with E-state index in [4.69, 9.17) is 0 Å². The van der Waals surface area contributed by atoms with Crippen LogP contribution < -0.4 is 5.32 Å². The van der Waals surface area contributed by atoms with Crippen molar-refractivity contribution in [2.24, 2.45) is 13.0 Å². The van der Waals surface area contributed by atoms with Gasteiger partial charge in [-0.15, -0.1) is 0 Å². The normalized spacial score (nSPS) is 15.5. The third-order valence-electron chi connectivity index (χ3n) is 4.52. The van der Waals surface area contributed by atoms with Crippen LogP contribution in [0.3, 0.4) is 0 Å². The zero-order valence-corrected chi connectivity index (χ0v) is 13.9. The van der Waals surface area contributed by atoms with E-state index in [0.29, 0.717) is 12.5 Å². The number of aromatic nitrogens is 2. The third kappa shape index (κ3) is 4.34. The monoisotopic (exact) mass is 330 g/mol. The number of aryl methyl sites for hydroxylation is 1. The minimum atomic E-state index is -0.181. The second-order valence-electron chi connectivity index (χ2n) is 6.45. The summed E-state index contributed by atoms with van der Waals surface area (Å²) in [5.41, 5.74) is 2.03. The van der Waals surface area contributed by atoms with Crippen molar-refractivity contribution in [3.05, 3.63) is 53.6 Å². The van der Waals surface area contributed by atoms with Crippen molar-refractivity contribution in [2.75, 3.05) is 13.1 Å². The van der Waals surface area contributed by atoms with Crippen LogP contribution in [0.4, 0.5) is 9.18 Å². The van der Waals surface area contributed by atoms with Gasteiger partial charge in [0.05, 0.1) is 6.20 Å². The van der Waals surface area contributed by atoms with E-state index in [2.05, 4.69) is 10.4 Å². The van der Waals surface area contributed by atoms with Crippen LogP contribution in [0.2, 0.25) is 0 Å². The number of halogens is 1. The summed E-state index contributed by atoms with van der Waals surface area (Å²) in [5.74, 6) is 0.328. The van der Waals surface area contributed by atoms with E-state index in [9.17, 15) is 9.18 Å². The number of nitrogens with zero attached hydrogens (tertiary/aromatic N) is 3. The Morgan fingerprint density at radius 1 is 1.33 bits per heavy atom. The lowest BCUT2D eigenvalue weighted by molar-refractivity contribution is 0.170. The molecule has 0 radical (unpaired) electrons. The summed E-state index contributed by atoms with van der Waals surface area (Å²) in [4.78, 5) is 14.1. The highest BCUT2D eigenvalue weighted by atomic mass is 19.1. The molecule has 0 bridgehead atoms. The van der Waals surface area contributed by atoms with Gasteiger partial charge in [0.2, 0.25) is 0 Å². The Labute approximate surface area is 141 Å². The average molecular weight is 330 g/mol. The van der Waals surface area contributed by atoms with Gasteiger partial charge in [-0.25, -0.2) is 9.18 Å². The molecule has 5 nitrogen and oxygen atoms in total. The van der Waals surface area contributed by atoms with Gasteiger partial charge in [0.25, 0.3) is 0 Å². The molecule has 128 valence electrons. The zero-order valence-electron chi connectivity index (χ0n) is 13.9. The second kappa shape index (κ2) is 7.47. The van der Waals surface area contributed by atoms with Gasteiger partial charge in [0.1, 0.15) is 5.82 Å². The van der Waals surface area contributed by atoms with Crippen LogP contribution in [-0.2, 0) is 20.0 Å². The van der Waals surface area contributed by atoms with Gasteiger partial charge in [-0.3, -0.25) is 4.68 Å². The maximum Gasteiger partial charge on any atom is 0.317 e. The Kier molecular flexibility index (Phi) is 5.13. The Morgan fingerprint density at radius 2 is 2.12 bits per heavy atom. The number of nitrogens with one attached hydrogen (secondary N) is 1. The average Bonchev–Trinajstić information content (AvgIpc) is 2.99. The highest BCUT2D eigenvalue weighted by Crippen LogP contribution is 2.22. The number of hydrogen-bond donors (Lipinski definition) is 1. The van der Waals surface area contributed by atoms with Crippen LogP contribution in [0.5, 0.6) is 0 Å². The molecule has 1 aliphatic heterocycles. The molecule has 1 fully saturated rings. The lowest BCUT2D eigenvalue weighted by Gasteiger charge is -2.32. The van der Waals surface area contributed by atoms with E-state index in [1.807, 2.05) is 24.2 Å². The van der Waals surface area contributed by atoms with Crippen LogP contribution in [-0.4, -0.2) is 33.8 Å². The lowest BCUT2D eigenvalue weighted by atomic mass is 9.90. The number of likely N-dealkylation sites (tertiary alicyclic amines) is 1. The Hall–Kier alpha value is -2.37. The van der Waals surface area contributed by atoms with E-state index in [1.165, 1.54) is 6.07 Å². The summed E-state index contributed by atoms with van der Waals surface area (Å²) in [5, 5.41) is 7.03. The van der Waals surface area contributed by atoms with Crippen LogP contribution >= 0.6 is 0 Å². The van der Waals surface area contributed by atoms with Gasteiger partial charge in [0, 0.05) is 38.4 Å². The van der Waals surface area contributed by atoms with Crippen molar-refractivity contribution in [3.63, 3.8) is 0 Å². The van der Waals surface area contributed by atoms with E-state index in [-0.39, 0.29) is 11.8 Å². The number of rotatable bonds is 4. The molecule has 2 aromatic rings. The second-order valence-corrected chi connectivity index (χ2v) is 6.45. The highest BCUT2D eigenvalue weighted by molar-refractivity contribution is 5.74. The predicted molar refractivity (Wildman–Crippen MR) is 89.8 cm³/mol. The molecule has 2 heterocycles. The first-order valence-corrected chi connectivity index (χ1v) is 8.35. The topological polar surface area (TPSA) is 50.2 Å². The SMILES string of the molecule is Cn1cc(CNC(=O)N2CCC(Cc3cccc(F)c3)CC2)cn1. The molecule has 6 heteroatoms. The molecular formula is C18H23FN4O. The van der Waals surface area contributed by atoms with E-state index in [1.54, 1.807) is 23.0 Å². The Morgan fingerprint density at radius 3 is 2.79 bits per heavy atom. The van der Waals surface area contributed by atoms with Gasteiger partial charge in [-0.05, 0) is 42.9 Å². The van der Waals surface area contributed by atoms with Gasteiger partial charge >= 0.3 is 6.03 Å². The van der Waals surface area contributed by atoms with Crippen molar-refractivity contribution in [2.45, 2.75) is 25.8 Å². The molecule has 1 N–H and O–H groups in total. The maximum atomic E-state index is 13.2. The molecule has 1 saturated heterocycles. The number of hydrogen-bond acceptors (Lipinski definition) is 2. The van der Waals surface area contributed by atoms with E-state index < -0.39 is 0 Å². The van der Waals surface area contributed by atoms with Crippen molar-refractivity contribution < 1.29 is 9.18 Å². The molecule has 0 unspecified atom stereocenters. The van der Waals surface area contributed by atoms with Gasteiger partial charge < -0.3 is 10.2 Å². The highest BCUT2D eigenvalue weighted by Gasteiger charge is 2.22. The number of piperidine rings is 1. The van der Waals surface area contributed by atoms with E-state index in [0.717, 1.165) is 43.5 Å². The molecule has 2 amide bonds. The fourth-order valence-electron chi connectivity index (χ4n) is 3.19. The minimum Gasteiger partial charge on any atom is -0.334 e. The van der Waals surface area contributed by atoms with Crippen molar-refractivity contribution in [1.82, 2.24) is 20.0 Å². The quantitative estimate of drug-likeness (QED) is 0.937. The Bertz CT molecular complexity index is 692. The number of benzene rings is 1. The zero-order chi connectivity index (χ0) is 16.9. The van der Waals surface area contributed by atoms with Crippen LogP contribution in [0.25, 0.3) is 0 Å². The molecule has 1 aromatic heterocycles. The molecule has 1 aromatic carbocycles. The molecule has 3 rings (SSSR count). The summed E-state index contributed by atoms with van der Waals surface area (Å²) >= 11 is 0. The number of urea groups is 1. The van der Waals surface area contributed by atoms with Crippen LogP contribution in [0.15, 0.2) is 36.7 Å². The molecule has 0 spiro atoms. The smallest absolute Gasteiger partial charge is 0.317 e. The van der Waals surface area contributed by atoms with Gasteiger partial charge in [-0.2, -0.15) is 5.10 Å². The molecule has 0 saturated carbocycles. The molecule has 24 heavy (non-hydrogen) atoms. The van der Waals surface area contributed by atoms with Crippen molar-refractivity contribution >= 4 is 6.03 Å². The maximum absolute atomic E-state index is 13.2. The summed E-state index contributed by atoms with van der Waals surface area (Å²) in [6.45, 7) is 1.99. The van der Waals surface area contributed by atoms with Crippen LogP contribution in [0.1, 0.15) is 24.0 Å². The molecule has 0 atom stereocenters. The van der Waals surface area contributed by atoms with Crippen LogP contribution in [0, 0.1) is 11.7 Å². The lowest BCUT2D eigenvalue weighted by Crippen LogP contribution is -2.44. The number of carbonyl (C=O) groups excluding carboxylic acids is 1. The molecular weight excluding hydrogens is 307 g/mol. The fourth-order valence-corrected chi connectivity index (χ4v) is 3.19. The van der Waals surface area contributed by atoms with Crippen molar-refractivity contribution in [3.8, 4) is 0 Å². The summed E-state index contributed by atoms with van der Waals surface area (Å²) in [7, 11) is 1.86. The van der Waals surface area contributed by atoms with Crippen molar-refractivity contribution in [1.29, 1.82) is 0 Å². The van der Waals surface area contributed by atoms with Gasteiger partial charge in [0.15, 0.2) is 0 Å².